The molecule has 1 atom stereocenters. The van der Waals surface area contributed by atoms with Crippen molar-refractivity contribution in [3.05, 3.63) is 34.4 Å². The van der Waals surface area contributed by atoms with E-state index in [0.29, 0.717) is 13.0 Å². The zero-order chi connectivity index (χ0) is 13.5. The van der Waals surface area contributed by atoms with Gasteiger partial charge in [-0.3, -0.25) is 14.9 Å². The van der Waals surface area contributed by atoms with Crippen LogP contribution in [0.2, 0.25) is 0 Å². The molecule has 1 amide bonds. The molecule has 0 fully saturated rings. The number of para-hydroxylation sites is 2. The van der Waals surface area contributed by atoms with Crippen LogP contribution >= 0.6 is 0 Å². The van der Waals surface area contributed by atoms with Gasteiger partial charge in [0.15, 0.2) is 0 Å². The van der Waals surface area contributed by atoms with Gasteiger partial charge >= 0.3 is 0 Å². The molecule has 1 rings (SSSR count). The third-order valence-electron chi connectivity index (χ3n) is 2.65. The van der Waals surface area contributed by atoms with Gasteiger partial charge in [0, 0.05) is 12.0 Å². The molecule has 0 heterocycles. The van der Waals surface area contributed by atoms with Crippen LogP contribution in [0.4, 0.5) is 11.4 Å². The molecule has 0 bridgehead atoms. The Hall–Kier alpha value is -1.95. The molecular weight excluding hydrogens is 234 g/mol. The van der Waals surface area contributed by atoms with Crippen LogP contribution in [-0.2, 0) is 4.79 Å². The minimum Gasteiger partial charge on any atom is -0.330 e. The fraction of sp³-hybridized carbons (Fsp3) is 0.417. The summed E-state index contributed by atoms with van der Waals surface area (Å²) >= 11 is 0. The Kier molecular flexibility index (Phi) is 5.26. The number of nitro benzene ring substituents is 1. The van der Waals surface area contributed by atoms with Crippen LogP contribution in [0.25, 0.3) is 0 Å². The highest BCUT2D eigenvalue weighted by atomic mass is 16.6. The second kappa shape index (κ2) is 6.70. The minimum absolute atomic E-state index is 0.100. The molecule has 3 N–H and O–H groups in total. The molecule has 0 aliphatic heterocycles. The molecule has 0 saturated carbocycles. The van der Waals surface area contributed by atoms with Crippen molar-refractivity contribution < 1.29 is 9.72 Å². The topological polar surface area (TPSA) is 98.3 Å². The summed E-state index contributed by atoms with van der Waals surface area (Å²) in [6.07, 6.45) is 1.43. The normalized spacial score (nSPS) is 11.9. The van der Waals surface area contributed by atoms with Gasteiger partial charge < -0.3 is 11.1 Å². The summed E-state index contributed by atoms with van der Waals surface area (Å²) in [5.41, 5.74) is 5.50. The fourth-order valence-electron chi connectivity index (χ4n) is 1.55. The third-order valence-corrected chi connectivity index (χ3v) is 2.65. The Morgan fingerprint density at radius 2 is 2.17 bits per heavy atom. The molecule has 6 heteroatoms. The Labute approximate surface area is 105 Å². The molecule has 1 unspecified atom stereocenters. The van der Waals surface area contributed by atoms with Crippen molar-refractivity contribution in [3.63, 3.8) is 0 Å². The Balaban J connectivity index is 2.72. The van der Waals surface area contributed by atoms with Gasteiger partial charge in [-0.25, -0.2) is 0 Å². The van der Waals surface area contributed by atoms with E-state index in [2.05, 4.69) is 5.32 Å². The largest absolute Gasteiger partial charge is 0.330 e. The number of hydrogen-bond donors (Lipinski definition) is 2. The molecule has 6 nitrogen and oxygen atoms in total. The maximum Gasteiger partial charge on any atom is 0.292 e. The molecule has 0 aliphatic carbocycles. The van der Waals surface area contributed by atoms with Gasteiger partial charge in [-0.1, -0.05) is 19.1 Å². The summed E-state index contributed by atoms with van der Waals surface area (Å²) in [4.78, 5) is 22.1. The lowest BCUT2D eigenvalue weighted by molar-refractivity contribution is -0.383. The van der Waals surface area contributed by atoms with E-state index >= 15 is 0 Å². The first kappa shape index (κ1) is 14.1. The third kappa shape index (κ3) is 3.81. The van der Waals surface area contributed by atoms with E-state index in [4.69, 9.17) is 5.73 Å². The maximum absolute atomic E-state index is 11.8. The highest BCUT2D eigenvalue weighted by molar-refractivity contribution is 5.94. The van der Waals surface area contributed by atoms with E-state index in [9.17, 15) is 14.9 Å². The number of nitro groups is 1. The van der Waals surface area contributed by atoms with E-state index in [1.807, 2.05) is 0 Å². The second-order valence-electron chi connectivity index (χ2n) is 4.10. The summed E-state index contributed by atoms with van der Waals surface area (Å²) in [6, 6.07) is 6.09. The van der Waals surface area contributed by atoms with Crippen LogP contribution in [0.15, 0.2) is 24.3 Å². The number of nitrogens with zero attached hydrogens (tertiary/aromatic N) is 1. The molecule has 1 aromatic rings. The second-order valence-corrected chi connectivity index (χ2v) is 4.10. The molecular formula is C12H17N3O3. The highest BCUT2D eigenvalue weighted by Crippen LogP contribution is 2.24. The SMILES string of the molecule is CC(CCCN)C(=O)Nc1ccccc1[N+](=O)[O-]. The monoisotopic (exact) mass is 251 g/mol. The number of rotatable bonds is 6. The van der Waals surface area contributed by atoms with Crippen LogP contribution in [0, 0.1) is 16.0 Å². The average Bonchev–Trinajstić information content (AvgIpc) is 2.36. The van der Waals surface area contributed by atoms with Gasteiger partial charge in [0.05, 0.1) is 4.92 Å². The van der Waals surface area contributed by atoms with E-state index in [0.717, 1.165) is 6.42 Å². The predicted octanol–water partition coefficient (Wildman–Crippen LogP) is 1.91. The summed E-state index contributed by atoms with van der Waals surface area (Å²) in [7, 11) is 0. The first-order valence-corrected chi connectivity index (χ1v) is 5.80. The van der Waals surface area contributed by atoms with Gasteiger partial charge in [-0.2, -0.15) is 0 Å². The van der Waals surface area contributed by atoms with Gasteiger partial charge in [-0.15, -0.1) is 0 Å². The minimum atomic E-state index is -0.514. The smallest absolute Gasteiger partial charge is 0.292 e. The van der Waals surface area contributed by atoms with Gasteiger partial charge in [0.25, 0.3) is 5.69 Å². The van der Waals surface area contributed by atoms with Crippen LogP contribution in [0.5, 0.6) is 0 Å². The van der Waals surface area contributed by atoms with Crippen molar-refractivity contribution >= 4 is 17.3 Å². The van der Waals surface area contributed by atoms with Gasteiger partial charge in [0.1, 0.15) is 5.69 Å². The number of nitrogens with one attached hydrogen (secondary N) is 1. The van der Waals surface area contributed by atoms with Crippen molar-refractivity contribution in [2.24, 2.45) is 11.7 Å². The summed E-state index contributed by atoms with van der Waals surface area (Å²) < 4.78 is 0. The molecule has 0 saturated heterocycles. The molecule has 18 heavy (non-hydrogen) atoms. The van der Waals surface area contributed by atoms with Crippen molar-refractivity contribution in [2.75, 3.05) is 11.9 Å². The number of nitrogens with two attached hydrogens (primary N) is 1. The first-order valence-electron chi connectivity index (χ1n) is 5.80. The lowest BCUT2D eigenvalue weighted by Gasteiger charge is -2.11. The number of carbonyl (C=O) groups is 1. The molecule has 0 spiro atoms. The summed E-state index contributed by atoms with van der Waals surface area (Å²) in [5, 5.41) is 13.4. The van der Waals surface area contributed by atoms with E-state index in [1.165, 1.54) is 12.1 Å². The zero-order valence-electron chi connectivity index (χ0n) is 10.3. The fourth-order valence-corrected chi connectivity index (χ4v) is 1.55. The molecule has 1 aromatic carbocycles. The quantitative estimate of drug-likeness (QED) is 0.596. The van der Waals surface area contributed by atoms with Crippen LogP contribution in [0.1, 0.15) is 19.8 Å². The van der Waals surface area contributed by atoms with E-state index in [1.54, 1.807) is 19.1 Å². The number of hydrogen-bond acceptors (Lipinski definition) is 4. The van der Waals surface area contributed by atoms with E-state index < -0.39 is 4.92 Å². The van der Waals surface area contributed by atoms with Crippen LogP contribution in [0.3, 0.4) is 0 Å². The van der Waals surface area contributed by atoms with Gasteiger partial charge in [0.2, 0.25) is 5.91 Å². The highest BCUT2D eigenvalue weighted by Gasteiger charge is 2.18. The molecule has 0 aliphatic rings. The van der Waals surface area contributed by atoms with Crippen molar-refractivity contribution in [1.82, 2.24) is 0 Å². The van der Waals surface area contributed by atoms with E-state index in [-0.39, 0.29) is 23.2 Å². The Morgan fingerprint density at radius 1 is 1.50 bits per heavy atom. The molecule has 0 radical (unpaired) electrons. The number of benzene rings is 1. The predicted molar refractivity (Wildman–Crippen MR) is 69.2 cm³/mol. The Morgan fingerprint density at radius 3 is 2.78 bits per heavy atom. The van der Waals surface area contributed by atoms with Crippen LogP contribution in [-0.4, -0.2) is 17.4 Å². The van der Waals surface area contributed by atoms with Crippen molar-refractivity contribution in [3.8, 4) is 0 Å². The molecule has 98 valence electrons. The maximum atomic E-state index is 11.8. The Bertz CT molecular complexity index is 434. The lowest BCUT2D eigenvalue weighted by Crippen LogP contribution is -2.21. The summed E-state index contributed by atoms with van der Waals surface area (Å²) in [5.74, 6) is -0.439. The number of anilines is 1. The number of carbonyl (C=O) groups excluding carboxylic acids is 1. The van der Waals surface area contributed by atoms with Crippen LogP contribution < -0.4 is 11.1 Å². The number of amides is 1. The summed E-state index contributed by atoms with van der Waals surface area (Å²) in [6.45, 7) is 2.31. The standard InChI is InChI=1S/C12H17N3O3/c1-9(5-4-8-13)12(16)14-10-6-2-3-7-11(10)15(17)18/h2-3,6-7,9H,4-5,8,13H2,1H3,(H,14,16). The molecule has 0 aromatic heterocycles. The van der Waals surface area contributed by atoms with Crippen molar-refractivity contribution in [1.29, 1.82) is 0 Å². The zero-order valence-corrected chi connectivity index (χ0v) is 10.3. The lowest BCUT2D eigenvalue weighted by atomic mass is 10.0. The average molecular weight is 251 g/mol. The van der Waals surface area contributed by atoms with Crippen molar-refractivity contribution in [2.45, 2.75) is 19.8 Å². The van der Waals surface area contributed by atoms with Gasteiger partial charge in [-0.05, 0) is 25.5 Å². The first-order chi connectivity index (χ1) is 8.56.